The number of rotatable bonds is 2. The summed E-state index contributed by atoms with van der Waals surface area (Å²) in [5.41, 5.74) is 2.47. The Morgan fingerprint density at radius 2 is 1.91 bits per heavy atom. The summed E-state index contributed by atoms with van der Waals surface area (Å²) in [6.45, 7) is 6.09. The van der Waals surface area contributed by atoms with E-state index in [1.54, 1.807) is 11.8 Å². The van der Waals surface area contributed by atoms with Gasteiger partial charge in [-0.1, -0.05) is 0 Å². The molecule has 6 nitrogen and oxygen atoms in total. The number of hydrogen-bond donors (Lipinski definition) is 2. The minimum Gasteiger partial charge on any atom is -0.355 e. The first-order valence-electron chi connectivity index (χ1n) is 7.68. The van der Waals surface area contributed by atoms with Crippen molar-refractivity contribution >= 4 is 17.6 Å². The van der Waals surface area contributed by atoms with Gasteiger partial charge < -0.3 is 15.2 Å². The number of carbonyl (C=O) groups is 3. The van der Waals surface area contributed by atoms with E-state index in [2.05, 4.69) is 10.3 Å². The van der Waals surface area contributed by atoms with Gasteiger partial charge in [0.2, 0.25) is 5.91 Å². The van der Waals surface area contributed by atoms with Crippen molar-refractivity contribution in [3.8, 4) is 0 Å². The summed E-state index contributed by atoms with van der Waals surface area (Å²) in [5.74, 6) is -0.229. The maximum Gasteiger partial charge on any atom is 0.256 e. The van der Waals surface area contributed by atoms with Gasteiger partial charge in [-0.15, -0.1) is 0 Å². The molecular formula is C16H21N3O3. The van der Waals surface area contributed by atoms with Gasteiger partial charge in [-0.3, -0.25) is 14.4 Å². The maximum absolute atomic E-state index is 12.9. The molecule has 0 aromatic carbocycles. The van der Waals surface area contributed by atoms with E-state index in [1.807, 2.05) is 6.92 Å². The van der Waals surface area contributed by atoms with E-state index in [0.29, 0.717) is 35.6 Å². The maximum atomic E-state index is 12.9. The van der Waals surface area contributed by atoms with Gasteiger partial charge in [-0.2, -0.15) is 0 Å². The molecule has 2 atom stereocenters. The molecule has 3 fully saturated rings. The molecule has 4 rings (SSSR count). The second-order valence-corrected chi connectivity index (χ2v) is 6.37. The van der Waals surface area contributed by atoms with E-state index in [9.17, 15) is 14.4 Å². The van der Waals surface area contributed by atoms with Gasteiger partial charge in [0, 0.05) is 31.7 Å². The van der Waals surface area contributed by atoms with Crippen LogP contribution in [0.2, 0.25) is 0 Å². The summed E-state index contributed by atoms with van der Waals surface area (Å²) in [6.07, 6.45) is 1.76. The van der Waals surface area contributed by atoms with Crippen LogP contribution in [0, 0.1) is 19.8 Å². The number of aromatic amines is 1. The number of aryl methyl sites for hydroxylation is 1. The predicted octanol–water partition coefficient (Wildman–Crippen LogP) is 1.18. The zero-order valence-corrected chi connectivity index (χ0v) is 13.2. The minimum atomic E-state index is -0.116. The number of piperidine rings is 1. The van der Waals surface area contributed by atoms with Crippen LogP contribution in [0.4, 0.5) is 0 Å². The lowest BCUT2D eigenvalue weighted by Crippen LogP contribution is -2.43. The third-order valence-electron chi connectivity index (χ3n) is 4.75. The smallest absolute Gasteiger partial charge is 0.256 e. The second-order valence-electron chi connectivity index (χ2n) is 6.37. The van der Waals surface area contributed by atoms with E-state index in [1.165, 1.54) is 6.92 Å². The Hall–Kier alpha value is -2.11. The van der Waals surface area contributed by atoms with E-state index in [0.717, 1.165) is 12.8 Å². The largest absolute Gasteiger partial charge is 0.355 e. The zero-order valence-electron chi connectivity index (χ0n) is 13.2. The summed E-state index contributed by atoms with van der Waals surface area (Å²) in [7, 11) is 0. The van der Waals surface area contributed by atoms with Crippen molar-refractivity contribution in [1.29, 1.82) is 0 Å². The summed E-state index contributed by atoms with van der Waals surface area (Å²) in [4.78, 5) is 41.2. The van der Waals surface area contributed by atoms with Crippen molar-refractivity contribution in [1.82, 2.24) is 15.2 Å². The Morgan fingerprint density at radius 1 is 1.18 bits per heavy atom. The monoisotopic (exact) mass is 303 g/mol. The Bertz CT molecular complexity index is 662. The van der Waals surface area contributed by atoms with Crippen LogP contribution < -0.4 is 5.32 Å². The normalized spacial score (nSPS) is 24.1. The molecular weight excluding hydrogens is 282 g/mol. The molecule has 3 aliphatic heterocycles. The van der Waals surface area contributed by atoms with Crippen molar-refractivity contribution in [2.75, 3.05) is 13.1 Å². The molecule has 3 saturated heterocycles. The molecule has 1 aromatic heterocycles. The van der Waals surface area contributed by atoms with E-state index in [-0.39, 0.29) is 29.6 Å². The average Bonchev–Trinajstić information content (AvgIpc) is 2.62. The molecule has 6 heteroatoms. The molecule has 2 bridgehead atoms. The second kappa shape index (κ2) is 5.26. The highest BCUT2D eigenvalue weighted by atomic mass is 16.2. The molecule has 0 radical (unpaired) electrons. The number of ketones is 1. The van der Waals surface area contributed by atoms with Crippen LogP contribution in [0.1, 0.15) is 51.9 Å². The van der Waals surface area contributed by atoms with Crippen LogP contribution in [0.15, 0.2) is 0 Å². The summed E-state index contributed by atoms with van der Waals surface area (Å²) >= 11 is 0. The van der Waals surface area contributed by atoms with Gasteiger partial charge in [0.1, 0.15) is 0 Å². The van der Waals surface area contributed by atoms with Gasteiger partial charge in [0.25, 0.3) is 5.91 Å². The van der Waals surface area contributed by atoms with Crippen LogP contribution in [0.5, 0.6) is 0 Å². The van der Waals surface area contributed by atoms with Gasteiger partial charge in [-0.25, -0.2) is 0 Å². The van der Waals surface area contributed by atoms with E-state index in [4.69, 9.17) is 0 Å². The number of amides is 2. The molecule has 1 aromatic rings. The van der Waals surface area contributed by atoms with Gasteiger partial charge in [0.15, 0.2) is 5.78 Å². The number of aromatic nitrogens is 1. The quantitative estimate of drug-likeness (QED) is 0.805. The number of carbonyl (C=O) groups excluding carboxylic acids is 3. The summed E-state index contributed by atoms with van der Waals surface area (Å²) in [6, 6.07) is 0.0435. The fourth-order valence-corrected chi connectivity index (χ4v) is 3.59. The number of fused-ring (bicyclic) bond motifs is 4. The Balaban J connectivity index is 1.92. The highest BCUT2D eigenvalue weighted by molar-refractivity contribution is 6.02. The summed E-state index contributed by atoms with van der Waals surface area (Å²) in [5, 5.41) is 2.97. The first kappa shape index (κ1) is 14.8. The average molecular weight is 303 g/mol. The van der Waals surface area contributed by atoms with Crippen LogP contribution in [-0.2, 0) is 4.79 Å². The van der Waals surface area contributed by atoms with Crippen LogP contribution in [-0.4, -0.2) is 46.6 Å². The number of hydrogen-bond acceptors (Lipinski definition) is 3. The first-order chi connectivity index (χ1) is 10.4. The predicted molar refractivity (Wildman–Crippen MR) is 80.8 cm³/mol. The lowest BCUT2D eigenvalue weighted by molar-refractivity contribution is -0.126. The highest BCUT2D eigenvalue weighted by Crippen LogP contribution is 2.26. The lowest BCUT2D eigenvalue weighted by atomic mass is 9.96. The SMILES string of the molecule is CC(=O)c1[nH]c(C)c(C(=O)N2C[C@@H]3CC[C@H](C2)C(=O)N3)c1C. The van der Waals surface area contributed by atoms with Crippen molar-refractivity contribution in [3.05, 3.63) is 22.5 Å². The Kier molecular flexibility index (Phi) is 3.54. The molecule has 2 N–H and O–H groups in total. The fourth-order valence-electron chi connectivity index (χ4n) is 3.59. The van der Waals surface area contributed by atoms with Gasteiger partial charge in [0.05, 0.1) is 17.2 Å². The molecule has 4 heterocycles. The molecule has 0 spiro atoms. The summed E-state index contributed by atoms with van der Waals surface area (Å²) < 4.78 is 0. The molecule has 0 unspecified atom stereocenters. The van der Waals surface area contributed by atoms with E-state index < -0.39 is 0 Å². The number of nitrogens with zero attached hydrogens (tertiary/aromatic N) is 1. The van der Waals surface area contributed by atoms with Gasteiger partial charge in [-0.05, 0) is 32.3 Å². The highest BCUT2D eigenvalue weighted by Gasteiger charge is 2.37. The molecule has 22 heavy (non-hydrogen) atoms. The van der Waals surface area contributed by atoms with Crippen molar-refractivity contribution < 1.29 is 14.4 Å². The first-order valence-corrected chi connectivity index (χ1v) is 7.68. The Morgan fingerprint density at radius 3 is 2.50 bits per heavy atom. The van der Waals surface area contributed by atoms with Crippen molar-refractivity contribution in [2.45, 2.75) is 39.7 Å². The molecule has 0 saturated carbocycles. The number of H-pyrrole nitrogens is 1. The Labute approximate surface area is 129 Å². The number of Topliss-reactive ketones (excluding diaryl/α,β-unsaturated/α-hetero) is 1. The van der Waals surface area contributed by atoms with Crippen molar-refractivity contribution in [2.24, 2.45) is 5.92 Å². The standard InChI is InChI=1S/C16H21N3O3/c1-8-13(9(2)17-14(8)10(3)20)16(22)19-6-11-4-5-12(7-19)18-15(11)21/h11-12,17H,4-7H2,1-3H3,(H,18,21)/t11-,12+/m1/s1. The van der Waals surface area contributed by atoms with Crippen LogP contribution in [0.25, 0.3) is 0 Å². The molecule has 0 aliphatic carbocycles. The number of nitrogens with one attached hydrogen (secondary N) is 2. The third-order valence-corrected chi connectivity index (χ3v) is 4.75. The van der Waals surface area contributed by atoms with Crippen LogP contribution in [0.3, 0.4) is 0 Å². The molecule has 2 amide bonds. The molecule has 3 aliphatic rings. The lowest BCUT2D eigenvalue weighted by Gasteiger charge is -2.23. The third kappa shape index (κ3) is 2.32. The molecule has 118 valence electrons. The topological polar surface area (TPSA) is 82.3 Å². The van der Waals surface area contributed by atoms with Gasteiger partial charge >= 0.3 is 0 Å². The van der Waals surface area contributed by atoms with Crippen LogP contribution >= 0.6 is 0 Å². The zero-order chi connectivity index (χ0) is 16.0. The fraction of sp³-hybridized carbons (Fsp3) is 0.562. The van der Waals surface area contributed by atoms with Crippen molar-refractivity contribution in [3.63, 3.8) is 0 Å². The van der Waals surface area contributed by atoms with E-state index >= 15 is 0 Å². The minimum absolute atomic E-state index is 0.0435.